The summed E-state index contributed by atoms with van der Waals surface area (Å²) in [6.45, 7) is 6.44. The number of rotatable bonds is 2. The quantitative estimate of drug-likeness (QED) is 0.850. The summed E-state index contributed by atoms with van der Waals surface area (Å²) in [5.74, 6) is -0.571. The van der Waals surface area contributed by atoms with Crippen molar-refractivity contribution in [3.05, 3.63) is 0 Å². The van der Waals surface area contributed by atoms with Gasteiger partial charge in [-0.15, -0.1) is 0 Å². The van der Waals surface area contributed by atoms with Crippen molar-refractivity contribution in [3.8, 4) is 0 Å². The van der Waals surface area contributed by atoms with Gasteiger partial charge >= 0.3 is 12.3 Å². The molecule has 2 atom stereocenters. The molecule has 1 saturated heterocycles. The number of carbonyl (C=O) groups excluding carboxylic acids is 2. The standard InChI is InChI=1S/C14H23F3N2O3/c1-5-11(20)19-8-9(6-7-10(19)14(15,16)17)18-12(21)22-13(2,3)4/h9-10H,5-8H2,1-4H3,(H,18,21). The van der Waals surface area contributed by atoms with Gasteiger partial charge in [0.05, 0.1) is 0 Å². The average Bonchev–Trinajstić information content (AvgIpc) is 2.33. The molecule has 1 fully saturated rings. The molecule has 8 heteroatoms. The zero-order chi connectivity index (χ0) is 17.1. The van der Waals surface area contributed by atoms with Crippen LogP contribution in [0, 0.1) is 0 Å². The minimum absolute atomic E-state index is 0.00820. The van der Waals surface area contributed by atoms with E-state index in [0.29, 0.717) is 0 Å². The summed E-state index contributed by atoms with van der Waals surface area (Å²) in [6.07, 6.45) is -5.23. The molecule has 0 aromatic heterocycles. The third-order valence-corrected chi connectivity index (χ3v) is 3.30. The molecule has 0 aromatic rings. The Hall–Kier alpha value is -1.47. The number of likely N-dealkylation sites (tertiary alicyclic amines) is 1. The highest BCUT2D eigenvalue weighted by Crippen LogP contribution is 2.32. The summed E-state index contributed by atoms with van der Waals surface area (Å²) in [7, 11) is 0. The van der Waals surface area contributed by atoms with Crippen LogP contribution in [0.15, 0.2) is 0 Å². The van der Waals surface area contributed by atoms with Gasteiger partial charge in [0.15, 0.2) is 0 Å². The predicted octanol–water partition coefficient (Wildman–Crippen LogP) is 2.84. The fourth-order valence-corrected chi connectivity index (χ4v) is 2.38. The Morgan fingerprint density at radius 3 is 2.27 bits per heavy atom. The maximum Gasteiger partial charge on any atom is 0.408 e. The van der Waals surface area contributed by atoms with Gasteiger partial charge in [0.2, 0.25) is 5.91 Å². The number of alkyl halides is 3. The van der Waals surface area contributed by atoms with E-state index in [-0.39, 0.29) is 25.8 Å². The van der Waals surface area contributed by atoms with Crippen molar-refractivity contribution in [3.63, 3.8) is 0 Å². The SMILES string of the molecule is CCC(=O)N1CC(NC(=O)OC(C)(C)C)CCC1C(F)(F)F. The lowest BCUT2D eigenvalue weighted by molar-refractivity contribution is -0.197. The summed E-state index contributed by atoms with van der Waals surface area (Å²) in [4.78, 5) is 24.3. The Balaban J connectivity index is 2.72. The Labute approximate surface area is 128 Å². The third kappa shape index (κ3) is 5.38. The maximum absolute atomic E-state index is 13.0. The molecule has 0 aliphatic carbocycles. The normalized spacial score (nSPS) is 23.1. The van der Waals surface area contributed by atoms with Crippen LogP contribution in [-0.4, -0.2) is 47.3 Å². The molecule has 5 nitrogen and oxygen atoms in total. The second-order valence-corrected chi connectivity index (χ2v) is 6.38. The highest BCUT2D eigenvalue weighted by molar-refractivity contribution is 5.76. The van der Waals surface area contributed by atoms with Crippen LogP contribution in [-0.2, 0) is 9.53 Å². The van der Waals surface area contributed by atoms with Gasteiger partial charge in [-0.3, -0.25) is 4.79 Å². The molecule has 0 bridgehead atoms. The van der Waals surface area contributed by atoms with E-state index in [0.717, 1.165) is 4.90 Å². The summed E-state index contributed by atoms with van der Waals surface area (Å²) < 4.78 is 44.1. The molecule has 1 heterocycles. The lowest BCUT2D eigenvalue weighted by Crippen LogP contribution is -2.58. The van der Waals surface area contributed by atoms with Gasteiger partial charge in [0.1, 0.15) is 11.6 Å². The molecule has 1 aliphatic heterocycles. The number of amides is 2. The van der Waals surface area contributed by atoms with Crippen molar-refractivity contribution in [2.24, 2.45) is 0 Å². The van der Waals surface area contributed by atoms with Crippen LogP contribution in [0.1, 0.15) is 47.0 Å². The summed E-state index contributed by atoms with van der Waals surface area (Å²) >= 11 is 0. The Morgan fingerprint density at radius 1 is 1.23 bits per heavy atom. The van der Waals surface area contributed by atoms with Crippen molar-refractivity contribution < 1.29 is 27.5 Å². The largest absolute Gasteiger partial charge is 0.444 e. The zero-order valence-electron chi connectivity index (χ0n) is 13.3. The van der Waals surface area contributed by atoms with Crippen LogP contribution in [0.25, 0.3) is 0 Å². The van der Waals surface area contributed by atoms with Crippen molar-refractivity contribution in [1.29, 1.82) is 0 Å². The van der Waals surface area contributed by atoms with Crippen molar-refractivity contribution in [2.75, 3.05) is 6.54 Å². The number of hydrogen-bond acceptors (Lipinski definition) is 3. The molecule has 0 spiro atoms. The van der Waals surface area contributed by atoms with E-state index in [9.17, 15) is 22.8 Å². The van der Waals surface area contributed by atoms with Gasteiger partial charge < -0.3 is 15.0 Å². The molecule has 1 rings (SSSR count). The second-order valence-electron chi connectivity index (χ2n) is 6.38. The van der Waals surface area contributed by atoms with E-state index in [2.05, 4.69) is 5.32 Å². The molecule has 128 valence electrons. The number of nitrogens with zero attached hydrogens (tertiary/aromatic N) is 1. The average molecular weight is 324 g/mol. The second kappa shape index (κ2) is 6.75. The van der Waals surface area contributed by atoms with E-state index in [4.69, 9.17) is 4.74 Å². The fourth-order valence-electron chi connectivity index (χ4n) is 2.38. The lowest BCUT2D eigenvalue weighted by atomic mass is 9.97. The van der Waals surface area contributed by atoms with Crippen LogP contribution in [0.4, 0.5) is 18.0 Å². The van der Waals surface area contributed by atoms with Crippen molar-refractivity contribution in [1.82, 2.24) is 10.2 Å². The topological polar surface area (TPSA) is 58.6 Å². The third-order valence-electron chi connectivity index (χ3n) is 3.30. The Kier molecular flexibility index (Phi) is 5.70. The fraction of sp³-hybridized carbons (Fsp3) is 0.857. The molecule has 1 N–H and O–H groups in total. The van der Waals surface area contributed by atoms with Gasteiger partial charge in [0.25, 0.3) is 0 Å². The molecular weight excluding hydrogens is 301 g/mol. The van der Waals surface area contributed by atoms with Gasteiger partial charge in [0, 0.05) is 19.0 Å². The molecule has 2 unspecified atom stereocenters. The zero-order valence-corrected chi connectivity index (χ0v) is 13.3. The molecule has 0 radical (unpaired) electrons. The number of hydrogen-bond donors (Lipinski definition) is 1. The van der Waals surface area contributed by atoms with E-state index >= 15 is 0 Å². The maximum atomic E-state index is 13.0. The first-order chi connectivity index (χ1) is 9.94. The lowest BCUT2D eigenvalue weighted by Gasteiger charge is -2.40. The number of alkyl carbamates (subject to hydrolysis) is 1. The van der Waals surface area contributed by atoms with Gasteiger partial charge in [-0.05, 0) is 33.6 Å². The molecule has 0 aromatic carbocycles. The van der Waals surface area contributed by atoms with E-state index in [1.165, 1.54) is 6.92 Å². The van der Waals surface area contributed by atoms with Gasteiger partial charge in [-0.25, -0.2) is 4.79 Å². The molecule has 1 aliphatic rings. The van der Waals surface area contributed by atoms with E-state index in [1.807, 2.05) is 0 Å². The van der Waals surface area contributed by atoms with Crippen LogP contribution in [0.5, 0.6) is 0 Å². The number of nitrogens with one attached hydrogen (secondary N) is 1. The number of carbonyl (C=O) groups is 2. The first kappa shape index (κ1) is 18.6. The van der Waals surface area contributed by atoms with Gasteiger partial charge in [-0.2, -0.15) is 13.2 Å². The number of ether oxygens (including phenoxy) is 1. The number of piperidine rings is 1. The Morgan fingerprint density at radius 2 is 1.82 bits per heavy atom. The first-order valence-electron chi connectivity index (χ1n) is 7.29. The van der Waals surface area contributed by atoms with E-state index in [1.54, 1.807) is 20.8 Å². The molecular formula is C14H23F3N2O3. The minimum atomic E-state index is -4.46. The molecule has 22 heavy (non-hydrogen) atoms. The highest BCUT2D eigenvalue weighted by atomic mass is 19.4. The predicted molar refractivity (Wildman–Crippen MR) is 74.2 cm³/mol. The summed E-state index contributed by atoms with van der Waals surface area (Å²) in [5.41, 5.74) is -0.688. The van der Waals surface area contributed by atoms with Crippen molar-refractivity contribution in [2.45, 2.75) is 70.8 Å². The van der Waals surface area contributed by atoms with Crippen LogP contribution in [0.2, 0.25) is 0 Å². The van der Waals surface area contributed by atoms with Crippen LogP contribution < -0.4 is 5.32 Å². The summed E-state index contributed by atoms with van der Waals surface area (Å²) in [6, 6.07) is -2.32. The van der Waals surface area contributed by atoms with Crippen LogP contribution >= 0.6 is 0 Å². The van der Waals surface area contributed by atoms with E-state index < -0.39 is 35.9 Å². The Bertz CT molecular complexity index is 419. The smallest absolute Gasteiger partial charge is 0.408 e. The monoisotopic (exact) mass is 324 g/mol. The van der Waals surface area contributed by atoms with Crippen LogP contribution in [0.3, 0.4) is 0 Å². The minimum Gasteiger partial charge on any atom is -0.444 e. The highest BCUT2D eigenvalue weighted by Gasteiger charge is 2.47. The van der Waals surface area contributed by atoms with Gasteiger partial charge in [-0.1, -0.05) is 6.92 Å². The summed E-state index contributed by atoms with van der Waals surface area (Å²) in [5, 5.41) is 2.53. The number of halogens is 3. The first-order valence-corrected chi connectivity index (χ1v) is 7.29. The molecule has 2 amide bonds. The van der Waals surface area contributed by atoms with Crippen molar-refractivity contribution >= 4 is 12.0 Å². The molecule has 0 saturated carbocycles.